The van der Waals surface area contributed by atoms with Gasteiger partial charge in [0.2, 0.25) is 5.91 Å². The first-order valence-corrected chi connectivity index (χ1v) is 7.67. The minimum Gasteiger partial charge on any atom is -0.481 e. The van der Waals surface area contributed by atoms with Gasteiger partial charge in [0.05, 0.1) is 12.8 Å². The molecule has 0 aliphatic rings. The average Bonchev–Trinajstić information content (AvgIpc) is 2.47. The maximum atomic E-state index is 12.3. The Kier molecular flexibility index (Phi) is 8.17. The van der Waals surface area contributed by atoms with E-state index >= 15 is 0 Å². The summed E-state index contributed by atoms with van der Waals surface area (Å²) < 4.78 is 0. The minimum absolute atomic E-state index is 0.00824. The van der Waals surface area contributed by atoms with Gasteiger partial charge in [0.15, 0.2) is 0 Å². The molecule has 1 N–H and O–H groups in total. The van der Waals surface area contributed by atoms with Crippen molar-refractivity contribution in [3.8, 4) is 0 Å². The van der Waals surface area contributed by atoms with Gasteiger partial charge in [-0.05, 0) is 12.0 Å². The second-order valence-electron chi connectivity index (χ2n) is 5.25. The van der Waals surface area contributed by atoms with Gasteiger partial charge >= 0.3 is 5.97 Å². The Morgan fingerprint density at radius 3 is 2.38 bits per heavy atom. The van der Waals surface area contributed by atoms with E-state index in [1.165, 1.54) is 0 Å². The molecule has 1 aromatic rings. The Bertz CT molecular complexity index is 431. The average molecular weight is 291 g/mol. The number of rotatable bonds is 10. The van der Waals surface area contributed by atoms with Crippen molar-refractivity contribution in [3.63, 3.8) is 0 Å². The second kappa shape index (κ2) is 9.97. The van der Waals surface area contributed by atoms with Crippen molar-refractivity contribution >= 4 is 11.9 Å². The van der Waals surface area contributed by atoms with Gasteiger partial charge in [-0.15, -0.1) is 0 Å². The highest BCUT2D eigenvalue weighted by Gasteiger charge is 2.14. The Morgan fingerprint density at radius 1 is 1.05 bits per heavy atom. The molecule has 0 spiro atoms. The van der Waals surface area contributed by atoms with E-state index in [1.54, 1.807) is 4.90 Å². The number of carbonyl (C=O) groups is 2. The summed E-state index contributed by atoms with van der Waals surface area (Å²) in [5.41, 5.74) is 0.969. The van der Waals surface area contributed by atoms with E-state index in [9.17, 15) is 9.59 Å². The van der Waals surface area contributed by atoms with E-state index in [1.807, 2.05) is 30.3 Å². The number of benzene rings is 1. The van der Waals surface area contributed by atoms with Gasteiger partial charge in [0.25, 0.3) is 0 Å². The monoisotopic (exact) mass is 291 g/mol. The summed E-state index contributed by atoms with van der Waals surface area (Å²) in [5.74, 6) is -0.847. The van der Waals surface area contributed by atoms with Gasteiger partial charge < -0.3 is 10.0 Å². The molecule has 0 saturated heterocycles. The van der Waals surface area contributed by atoms with Crippen molar-refractivity contribution in [2.75, 3.05) is 13.1 Å². The number of unbranched alkanes of at least 4 members (excludes halogenated alkanes) is 3. The lowest BCUT2D eigenvalue weighted by Gasteiger charge is -2.22. The van der Waals surface area contributed by atoms with E-state index in [0.29, 0.717) is 19.5 Å². The lowest BCUT2D eigenvalue weighted by atomic mass is 10.1. The van der Waals surface area contributed by atoms with Gasteiger partial charge in [-0.3, -0.25) is 9.59 Å². The van der Waals surface area contributed by atoms with Crippen LogP contribution in [0, 0.1) is 0 Å². The maximum absolute atomic E-state index is 12.3. The van der Waals surface area contributed by atoms with Crippen molar-refractivity contribution in [3.05, 3.63) is 35.9 Å². The summed E-state index contributed by atoms with van der Waals surface area (Å²) in [6.45, 7) is 3.09. The van der Waals surface area contributed by atoms with Crippen LogP contribution in [0.25, 0.3) is 0 Å². The molecule has 0 bridgehead atoms. The third kappa shape index (κ3) is 7.49. The first kappa shape index (κ1) is 17.2. The Hall–Kier alpha value is -1.84. The van der Waals surface area contributed by atoms with Crippen LogP contribution >= 0.6 is 0 Å². The Balaban J connectivity index is 2.52. The fourth-order valence-corrected chi connectivity index (χ4v) is 2.20. The Labute approximate surface area is 126 Å². The third-order valence-corrected chi connectivity index (χ3v) is 3.43. The standard InChI is InChI=1S/C17H25NO3/c1-2-3-4-8-12-18(13-11-17(20)21)16(19)14-15-9-6-5-7-10-15/h5-7,9-10H,2-4,8,11-14H2,1H3,(H,20,21). The fraction of sp³-hybridized carbons (Fsp3) is 0.529. The molecule has 0 atom stereocenters. The van der Waals surface area contributed by atoms with Gasteiger partial charge in [-0.2, -0.15) is 0 Å². The molecule has 0 saturated carbocycles. The van der Waals surface area contributed by atoms with Crippen molar-refractivity contribution in [2.24, 2.45) is 0 Å². The van der Waals surface area contributed by atoms with Crippen LogP contribution < -0.4 is 0 Å². The van der Waals surface area contributed by atoms with Crippen LogP contribution in [0.1, 0.15) is 44.6 Å². The Morgan fingerprint density at radius 2 is 1.76 bits per heavy atom. The van der Waals surface area contributed by atoms with E-state index in [-0.39, 0.29) is 12.3 Å². The zero-order valence-corrected chi connectivity index (χ0v) is 12.8. The highest BCUT2D eigenvalue weighted by molar-refractivity contribution is 5.79. The van der Waals surface area contributed by atoms with Crippen LogP contribution in [-0.2, 0) is 16.0 Å². The lowest BCUT2D eigenvalue weighted by molar-refractivity contribution is -0.138. The largest absolute Gasteiger partial charge is 0.481 e. The number of carbonyl (C=O) groups excluding carboxylic acids is 1. The molecule has 0 fully saturated rings. The predicted molar refractivity (Wildman–Crippen MR) is 83.1 cm³/mol. The summed E-state index contributed by atoms with van der Waals surface area (Å²) >= 11 is 0. The summed E-state index contributed by atoms with van der Waals surface area (Å²) in [5, 5.41) is 8.81. The van der Waals surface area contributed by atoms with Crippen molar-refractivity contribution in [1.29, 1.82) is 0 Å². The first-order chi connectivity index (χ1) is 10.1. The van der Waals surface area contributed by atoms with Gasteiger partial charge in [-0.1, -0.05) is 56.5 Å². The number of carboxylic acids is 1. The van der Waals surface area contributed by atoms with Crippen LogP contribution in [-0.4, -0.2) is 35.0 Å². The summed E-state index contributed by atoms with van der Waals surface area (Å²) in [6, 6.07) is 9.58. The van der Waals surface area contributed by atoms with Crippen molar-refractivity contribution < 1.29 is 14.7 Å². The molecule has 0 aliphatic heterocycles. The number of carboxylic acid groups (broad SMARTS) is 1. The zero-order valence-electron chi connectivity index (χ0n) is 12.8. The highest BCUT2D eigenvalue weighted by Crippen LogP contribution is 2.07. The topological polar surface area (TPSA) is 57.6 Å². The minimum atomic E-state index is -0.860. The number of aliphatic carboxylic acids is 1. The van der Waals surface area contributed by atoms with Crippen LogP contribution in [0.5, 0.6) is 0 Å². The molecular weight excluding hydrogens is 266 g/mol. The smallest absolute Gasteiger partial charge is 0.305 e. The number of nitrogens with zero attached hydrogens (tertiary/aromatic N) is 1. The molecular formula is C17H25NO3. The maximum Gasteiger partial charge on any atom is 0.305 e. The molecule has 0 unspecified atom stereocenters. The molecule has 21 heavy (non-hydrogen) atoms. The van der Waals surface area contributed by atoms with Crippen LogP contribution in [0.15, 0.2) is 30.3 Å². The molecule has 0 heterocycles. The highest BCUT2D eigenvalue weighted by atomic mass is 16.4. The first-order valence-electron chi connectivity index (χ1n) is 7.67. The molecule has 0 radical (unpaired) electrons. The van der Waals surface area contributed by atoms with Crippen molar-refractivity contribution in [2.45, 2.75) is 45.4 Å². The lowest BCUT2D eigenvalue weighted by Crippen LogP contribution is -2.35. The van der Waals surface area contributed by atoms with Gasteiger partial charge in [0.1, 0.15) is 0 Å². The molecule has 1 rings (SSSR count). The fourth-order valence-electron chi connectivity index (χ4n) is 2.20. The second-order valence-corrected chi connectivity index (χ2v) is 5.25. The van der Waals surface area contributed by atoms with E-state index in [0.717, 1.165) is 31.2 Å². The summed E-state index contributed by atoms with van der Waals surface area (Å²) in [6.07, 6.45) is 4.67. The SMILES string of the molecule is CCCCCCN(CCC(=O)O)C(=O)Cc1ccccc1. The van der Waals surface area contributed by atoms with Crippen molar-refractivity contribution in [1.82, 2.24) is 4.90 Å². The third-order valence-electron chi connectivity index (χ3n) is 3.43. The molecule has 4 nitrogen and oxygen atoms in total. The van der Waals surface area contributed by atoms with Gasteiger partial charge in [-0.25, -0.2) is 0 Å². The summed E-state index contributed by atoms with van der Waals surface area (Å²) in [4.78, 5) is 24.7. The number of amides is 1. The quantitative estimate of drug-likeness (QED) is 0.674. The zero-order chi connectivity index (χ0) is 15.5. The molecule has 4 heteroatoms. The van der Waals surface area contributed by atoms with Gasteiger partial charge in [0, 0.05) is 13.1 Å². The summed E-state index contributed by atoms with van der Waals surface area (Å²) in [7, 11) is 0. The molecule has 0 aromatic heterocycles. The molecule has 1 amide bonds. The van der Waals surface area contributed by atoms with E-state index < -0.39 is 5.97 Å². The number of hydrogen-bond donors (Lipinski definition) is 1. The molecule has 0 aliphatic carbocycles. The molecule has 116 valence electrons. The van der Waals surface area contributed by atoms with Crippen LogP contribution in [0.4, 0.5) is 0 Å². The van der Waals surface area contributed by atoms with Crippen LogP contribution in [0.2, 0.25) is 0 Å². The molecule has 1 aromatic carbocycles. The van der Waals surface area contributed by atoms with Crippen LogP contribution in [0.3, 0.4) is 0 Å². The van der Waals surface area contributed by atoms with E-state index in [4.69, 9.17) is 5.11 Å². The number of hydrogen-bond acceptors (Lipinski definition) is 2. The normalized spacial score (nSPS) is 10.3. The predicted octanol–water partition coefficient (Wildman–Crippen LogP) is 3.11. The van der Waals surface area contributed by atoms with E-state index in [2.05, 4.69) is 6.92 Å².